The molecular formula is C12H10ClN2. The molecule has 0 atom stereocenters. The summed E-state index contributed by atoms with van der Waals surface area (Å²) >= 11 is 5.78. The molecule has 0 saturated heterocycles. The van der Waals surface area contributed by atoms with Gasteiger partial charge < -0.3 is 0 Å². The molecule has 0 spiro atoms. The largest absolute Gasteiger partial charge is 0.264 e. The first-order chi connectivity index (χ1) is 7.34. The molecule has 1 radical (unpaired) electrons. The first kappa shape index (κ1) is 10.1. The second-order valence-electron chi connectivity index (χ2n) is 3.22. The van der Waals surface area contributed by atoms with E-state index >= 15 is 0 Å². The number of rotatable bonds is 3. The van der Waals surface area contributed by atoms with E-state index in [4.69, 9.17) is 11.6 Å². The maximum Gasteiger partial charge on any atom is 0.129 e. The number of hydrogen-bond donors (Lipinski definition) is 0. The van der Waals surface area contributed by atoms with Gasteiger partial charge in [-0.3, -0.25) is 4.98 Å². The molecule has 3 heteroatoms. The molecule has 2 heterocycles. The Morgan fingerprint density at radius 1 is 1.27 bits per heavy atom. The molecule has 2 aromatic heterocycles. The standard InChI is InChI=1S/C12H10ClN2/c13-12-5-1-4-11(15-12)7-6-10-3-2-8-14-9-10/h1-3,5,8-9H,6-7H2. The Balaban J connectivity index is 1.99. The van der Waals surface area contributed by atoms with Crippen molar-refractivity contribution < 1.29 is 0 Å². The zero-order valence-corrected chi connectivity index (χ0v) is 8.91. The summed E-state index contributed by atoms with van der Waals surface area (Å²) in [4.78, 5) is 8.24. The van der Waals surface area contributed by atoms with Gasteiger partial charge in [0.1, 0.15) is 5.15 Å². The van der Waals surface area contributed by atoms with Crippen molar-refractivity contribution in [2.75, 3.05) is 0 Å². The molecule has 2 rings (SSSR count). The van der Waals surface area contributed by atoms with Crippen molar-refractivity contribution in [3.8, 4) is 0 Å². The summed E-state index contributed by atoms with van der Waals surface area (Å²) in [6.45, 7) is 0. The highest BCUT2D eigenvalue weighted by Crippen LogP contribution is 2.07. The van der Waals surface area contributed by atoms with Crippen LogP contribution in [0.4, 0.5) is 0 Å². The summed E-state index contributed by atoms with van der Waals surface area (Å²) in [7, 11) is 0. The molecule has 0 fully saturated rings. The molecule has 0 aliphatic heterocycles. The van der Waals surface area contributed by atoms with E-state index in [1.165, 1.54) is 5.56 Å². The van der Waals surface area contributed by atoms with Gasteiger partial charge in [-0.25, -0.2) is 4.98 Å². The van der Waals surface area contributed by atoms with Crippen LogP contribution < -0.4 is 0 Å². The molecule has 0 aliphatic carbocycles. The van der Waals surface area contributed by atoms with Gasteiger partial charge in [-0.2, -0.15) is 0 Å². The van der Waals surface area contributed by atoms with Crippen LogP contribution in [-0.4, -0.2) is 9.97 Å². The average molecular weight is 218 g/mol. The normalized spacial score (nSPS) is 10.2. The lowest BCUT2D eigenvalue weighted by atomic mass is 10.1. The van der Waals surface area contributed by atoms with Gasteiger partial charge in [0.2, 0.25) is 0 Å². The summed E-state index contributed by atoms with van der Waals surface area (Å²) in [6, 6.07) is 10.6. The van der Waals surface area contributed by atoms with Gasteiger partial charge in [0.05, 0.1) is 5.69 Å². The summed E-state index contributed by atoms with van der Waals surface area (Å²) < 4.78 is 0. The van der Waals surface area contributed by atoms with Crippen LogP contribution >= 0.6 is 11.6 Å². The van der Waals surface area contributed by atoms with Gasteiger partial charge in [0.25, 0.3) is 0 Å². The van der Waals surface area contributed by atoms with Crippen molar-refractivity contribution in [1.29, 1.82) is 0 Å². The summed E-state index contributed by atoms with van der Waals surface area (Å²) in [6.07, 6.45) is 5.39. The third-order valence-electron chi connectivity index (χ3n) is 2.09. The average Bonchev–Trinajstić information content (AvgIpc) is 2.28. The third-order valence-corrected chi connectivity index (χ3v) is 2.30. The molecule has 0 unspecified atom stereocenters. The van der Waals surface area contributed by atoms with E-state index in [-0.39, 0.29) is 0 Å². The maximum absolute atomic E-state index is 5.78. The Kier molecular flexibility index (Phi) is 3.30. The minimum Gasteiger partial charge on any atom is -0.264 e. The summed E-state index contributed by atoms with van der Waals surface area (Å²) in [5.74, 6) is 0. The molecule has 0 bridgehead atoms. The number of hydrogen-bond acceptors (Lipinski definition) is 2. The Morgan fingerprint density at radius 3 is 2.93 bits per heavy atom. The number of aromatic nitrogens is 2. The van der Waals surface area contributed by atoms with Crippen molar-refractivity contribution in [3.05, 3.63) is 59.1 Å². The number of aryl methyl sites for hydroxylation is 2. The maximum atomic E-state index is 5.78. The van der Waals surface area contributed by atoms with Crippen molar-refractivity contribution in [1.82, 2.24) is 9.97 Å². The van der Waals surface area contributed by atoms with Crippen molar-refractivity contribution in [2.24, 2.45) is 0 Å². The van der Waals surface area contributed by atoms with Crippen LogP contribution in [0.3, 0.4) is 0 Å². The Bertz CT molecular complexity index is 429. The minimum atomic E-state index is 0.523. The van der Waals surface area contributed by atoms with Crippen molar-refractivity contribution in [2.45, 2.75) is 12.8 Å². The Hall–Kier alpha value is -1.41. The van der Waals surface area contributed by atoms with Gasteiger partial charge >= 0.3 is 0 Å². The first-order valence-corrected chi connectivity index (χ1v) is 5.14. The first-order valence-electron chi connectivity index (χ1n) is 4.76. The van der Waals surface area contributed by atoms with Crippen LogP contribution in [0.1, 0.15) is 11.3 Å². The van der Waals surface area contributed by atoms with Crippen LogP contribution in [0.15, 0.2) is 36.7 Å². The van der Waals surface area contributed by atoms with Gasteiger partial charge in [-0.1, -0.05) is 17.7 Å². The second-order valence-corrected chi connectivity index (χ2v) is 3.61. The predicted octanol–water partition coefficient (Wildman–Crippen LogP) is 2.72. The van der Waals surface area contributed by atoms with Gasteiger partial charge in [0, 0.05) is 18.5 Å². The Morgan fingerprint density at radius 2 is 2.20 bits per heavy atom. The lowest BCUT2D eigenvalue weighted by Crippen LogP contribution is -1.94. The van der Waals surface area contributed by atoms with E-state index in [1.807, 2.05) is 12.3 Å². The van der Waals surface area contributed by atoms with E-state index in [9.17, 15) is 0 Å². The lowest BCUT2D eigenvalue weighted by molar-refractivity contribution is 0.905. The molecule has 0 saturated carbocycles. The highest BCUT2D eigenvalue weighted by Gasteiger charge is 1.98. The quantitative estimate of drug-likeness (QED) is 0.739. The third kappa shape index (κ3) is 3.03. The van der Waals surface area contributed by atoms with Crippen LogP contribution in [0, 0.1) is 6.07 Å². The summed E-state index contributed by atoms with van der Waals surface area (Å²) in [5.41, 5.74) is 2.10. The molecule has 0 N–H and O–H groups in total. The molecule has 0 amide bonds. The van der Waals surface area contributed by atoms with E-state index in [1.54, 1.807) is 18.3 Å². The zero-order valence-electron chi connectivity index (χ0n) is 8.15. The van der Waals surface area contributed by atoms with Crippen LogP contribution in [0.25, 0.3) is 0 Å². The molecule has 2 nitrogen and oxygen atoms in total. The molecule has 75 valence electrons. The zero-order chi connectivity index (χ0) is 10.5. The van der Waals surface area contributed by atoms with Crippen molar-refractivity contribution in [3.63, 3.8) is 0 Å². The lowest BCUT2D eigenvalue weighted by Gasteiger charge is -2.00. The summed E-state index contributed by atoms with van der Waals surface area (Å²) in [5, 5.41) is 0.523. The second kappa shape index (κ2) is 4.89. The van der Waals surface area contributed by atoms with Crippen molar-refractivity contribution >= 4 is 11.6 Å². The molecular weight excluding hydrogens is 208 g/mol. The number of nitrogens with zero attached hydrogens (tertiary/aromatic N) is 2. The van der Waals surface area contributed by atoms with Crippen LogP contribution in [0.5, 0.6) is 0 Å². The highest BCUT2D eigenvalue weighted by atomic mass is 35.5. The Labute approximate surface area is 94.0 Å². The molecule has 2 aromatic rings. The van der Waals surface area contributed by atoms with Gasteiger partial charge in [-0.05, 0) is 36.6 Å². The molecule has 0 aromatic carbocycles. The highest BCUT2D eigenvalue weighted by molar-refractivity contribution is 6.29. The van der Waals surface area contributed by atoms with E-state index < -0.39 is 0 Å². The van der Waals surface area contributed by atoms with E-state index in [0.29, 0.717) is 5.15 Å². The molecule has 0 aliphatic rings. The fourth-order valence-electron chi connectivity index (χ4n) is 1.34. The minimum absolute atomic E-state index is 0.523. The monoisotopic (exact) mass is 217 g/mol. The smallest absolute Gasteiger partial charge is 0.129 e. The fourth-order valence-corrected chi connectivity index (χ4v) is 1.51. The van der Waals surface area contributed by atoms with Gasteiger partial charge in [-0.15, -0.1) is 0 Å². The number of halogens is 1. The van der Waals surface area contributed by atoms with Gasteiger partial charge in [0.15, 0.2) is 0 Å². The molecule has 15 heavy (non-hydrogen) atoms. The fraction of sp³-hybridized carbons (Fsp3) is 0.167. The SMILES string of the molecule is Clc1cc[c]c(CCc2cccnc2)n1. The van der Waals surface area contributed by atoms with Crippen LogP contribution in [-0.2, 0) is 12.8 Å². The number of pyridine rings is 2. The van der Waals surface area contributed by atoms with Crippen LogP contribution in [0.2, 0.25) is 5.15 Å². The van der Waals surface area contributed by atoms with E-state index in [2.05, 4.69) is 22.1 Å². The topological polar surface area (TPSA) is 25.8 Å². The predicted molar refractivity (Wildman–Crippen MR) is 59.7 cm³/mol. The van der Waals surface area contributed by atoms with E-state index in [0.717, 1.165) is 18.5 Å².